The largest absolute Gasteiger partial charge is 0.377 e. The van der Waals surface area contributed by atoms with E-state index in [0.717, 1.165) is 5.56 Å². The summed E-state index contributed by atoms with van der Waals surface area (Å²) in [5.41, 5.74) is 0.857. The van der Waals surface area contributed by atoms with Gasteiger partial charge in [-0.1, -0.05) is 0 Å². The zero-order chi connectivity index (χ0) is 10.6. The third kappa shape index (κ3) is 3.30. The number of nitrogens with one attached hydrogen (secondary N) is 1. The van der Waals surface area contributed by atoms with Crippen LogP contribution in [-0.2, 0) is 4.74 Å². The van der Waals surface area contributed by atoms with Crippen LogP contribution in [0.3, 0.4) is 0 Å². The first-order valence-corrected chi connectivity index (χ1v) is 4.61. The number of ether oxygens (including phenoxy) is 1. The van der Waals surface area contributed by atoms with Gasteiger partial charge in [0.2, 0.25) is 5.95 Å². The number of anilines is 1. The molecule has 0 saturated carbocycles. The van der Waals surface area contributed by atoms with Gasteiger partial charge in [-0.3, -0.25) is 0 Å². The molecule has 1 N–H and O–H groups in total. The lowest BCUT2D eigenvalue weighted by Gasteiger charge is -2.22. The zero-order valence-electron chi connectivity index (χ0n) is 9.16. The highest BCUT2D eigenvalue weighted by atomic mass is 16.5. The van der Waals surface area contributed by atoms with Gasteiger partial charge in [0.25, 0.3) is 0 Å². The summed E-state index contributed by atoms with van der Waals surface area (Å²) in [6.07, 6.45) is 3.57. The van der Waals surface area contributed by atoms with Crippen molar-refractivity contribution in [3.63, 3.8) is 0 Å². The number of nitrogens with zero attached hydrogens (tertiary/aromatic N) is 2. The number of aromatic nitrogens is 2. The second-order valence-electron chi connectivity index (χ2n) is 3.90. The Labute approximate surface area is 84.7 Å². The molecule has 0 aliphatic rings. The molecule has 0 atom stereocenters. The smallest absolute Gasteiger partial charge is 0.222 e. The normalized spacial score (nSPS) is 11.4. The molecule has 1 rings (SSSR count). The average molecular weight is 195 g/mol. The van der Waals surface area contributed by atoms with Crippen molar-refractivity contribution in [3.05, 3.63) is 18.0 Å². The molecule has 14 heavy (non-hydrogen) atoms. The first-order chi connectivity index (χ1) is 6.53. The summed E-state index contributed by atoms with van der Waals surface area (Å²) in [6, 6.07) is 0. The minimum absolute atomic E-state index is 0.200. The monoisotopic (exact) mass is 195 g/mol. The molecule has 4 nitrogen and oxygen atoms in total. The number of rotatable bonds is 4. The van der Waals surface area contributed by atoms with E-state index in [4.69, 9.17) is 4.74 Å². The topological polar surface area (TPSA) is 47.0 Å². The van der Waals surface area contributed by atoms with E-state index in [9.17, 15) is 0 Å². The van der Waals surface area contributed by atoms with E-state index in [-0.39, 0.29) is 5.60 Å². The Bertz CT molecular complexity index is 282. The molecule has 0 aliphatic heterocycles. The van der Waals surface area contributed by atoms with Gasteiger partial charge >= 0.3 is 0 Å². The van der Waals surface area contributed by atoms with Gasteiger partial charge in [-0.25, -0.2) is 9.97 Å². The maximum atomic E-state index is 5.27. The molecule has 0 saturated heterocycles. The molecule has 0 aromatic carbocycles. The van der Waals surface area contributed by atoms with Gasteiger partial charge in [0, 0.05) is 26.0 Å². The highest BCUT2D eigenvalue weighted by Crippen LogP contribution is 2.08. The van der Waals surface area contributed by atoms with Gasteiger partial charge < -0.3 is 10.1 Å². The molecule has 0 radical (unpaired) electrons. The van der Waals surface area contributed by atoms with Crippen LogP contribution in [0.25, 0.3) is 0 Å². The third-order valence-electron chi connectivity index (χ3n) is 2.01. The Kier molecular flexibility index (Phi) is 3.41. The third-order valence-corrected chi connectivity index (χ3v) is 2.01. The van der Waals surface area contributed by atoms with Crippen molar-refractivity contribution in [2.45, 2.75) is 26.4 Å². The molecule has 0 amide bonds. The Morgan fingerprint density at radius 1 is 1.36 bits per heavy atom. The lowest BCUT2D eigenvalue weighted by Crippen LogP contribution is -2.32. The second-order valence-corrected chi connectivity index (χ2v) is 3.90. The molecule has 1 heterocycles. The van der Waals surface area contributed by atoms with E-state index in [0.29, 0.717) is 12.5 Å². The van der Waals surface area contributed by atoms with Crippen molar-refractivity contribution in [2.24, 2.45) is 0 Å². The minimum atomic E-state index is -0.200. The van der Waals surface area contributed by atoms with Gasteiger partial charge in [0.05, 0.1) is 5.60 Å². The van der Waals surface area contributed by atoms with E-state index >= 15 is 0 Å². The van der Waals surface area contributed by atoms with Crippen LogP contribution in [0.2, 0.25) is 0 Å². The molecular weight excluding hydrogens is 178 g/mol. The van der Waals surface area contributed by atoms with Crippen molar-refractivity contribution in [3.8, 4) is 0 Å². The number of hydrogen-bond acceptors (Lipinski definition) is 4. The summed E-state index contributed by atoms with van der Waals surface area (Å²) in [7, 11) is 1.69. The van der Waals surface area contributed by atoms with Gasteiger partial charge in [0.15, 0.2) is 0 Å². The lowest BCUT2D eigenvalue weighted by molar-refractivity contribution is 0.0342. The number of methoxy groups -OCH3 is 1. The molecule has 0 bridgehead atoms. The van der Waals surface area contributed by atoms with Crippen LogP contribution in [0.4, 0.5) is 5.95 Å². The second kappa shape index (κ2) is 4.37. The van der Waals surface area contributed by atoms with Crippen molar-refractivity contribution in [1.82, 2.24) is 9.97 Å². The Morgan fingerprint density at radius 2 is 1.93 bits per heavy atom. The lowest BCUT2D eigenvalue weighted by atomic mass is 10.1. The molecule has 1 aromatic rings. The molecule has 0 aliphatic carbocycles. The SMILES string of the molecule is COC(C)(C)CNc1ncc(C)cn1. The van der Waals surface area contributed by atoms with Crippen molar-refractivity contribution < 1.29 is 4.74 Å². The van der Waals surface area contributed by atoms with Crippen molar-refractivity contribution >= 4 is 5.95 Å². The van der Waals surface area contributed by atoms with Crippen LogP contribution in [0.15, 0.2) is 12.4 Å². The van der Waals surface area contributed by atoms with Crippen LogP contribution in [0.1, 0.15) is 19.4 Å². The maximum Gasteiger partial charge on any atom is 0.222 e. The molecule has 78 valence electrons. The molecular formula is C10H17N3O. The van der Waals surface area contributed by atoms with Crippen LogP contribution in [0.5, 0.6) is 0 Å². The van der Waals surface area contributed by atoms with E-state index in [1.54, 1.807) is 19.5 Å². The van der Waals surface area contributed by atoms with Crippen molar-refractivity contribution in [1.29, 1.82) is 0 Å². The summed E-state index contributed by atoms with van der Waals surface area (Å²) in [6.45, 7) is 6.66. The summed E-state index contributed by atoms with van der Waals surface area (Å²) < 4.78 is 5.27. The minimum Gasteiger partial charge on any atom is -0.377 e. The van der Waals surface area contributed by atoms with Crippen LogP contribution >= 0.6 is 0 Å². The highest BCUT2D eigenvalue weighted by Gasteiger charge is 2.15. The molecule has 4 heteroatoms. The summed E-state index contributed by atoms with van der Waals surface area (Å²) in [5, 5.41) is 3.12. The standard InChI is InChI=1S/C10H17N3O/c1-8-5-11-9(12-6-8)13-7-10(2,3)14-4/h5-6H,7H2,1-4H3,(H,11,12,13). The fourth-order valence-electron chi connectivity index (χ4n) is 0.848. The Morgan fingerprint density at radius 3 is 2.43 bits per heavy atom. The number of aryl methyl sites for hydroxylation is 1. The van der Waals surface area contributed by atoms with Crippen LogP contribution in [-0.4, -0.2) is 29.2 Å². The first kappa shape index (κ1) is 10.9. The molecule has 1 aromatic heterocycles. The number of hydrogen-bond donors (Lipinski definition) is 1. The Hall–Kier alpha value is -1.16. The van der Waals surface area contributed by atoms with E-state index < -0.39 is 0 Å². The van der Waals surface area contributed by atoms with E-state index in [1.807, 2.05) is 20.8 Å². The van der Waals surface area contributed by atoms with E-state index in [1.165, 1.54) is 0 Å². The fraction of sp³-hybridized carbons (Fsp3) is 0.600. The predicted octanol–water partition coefficient (Wildman–Crippen LogP) is 1.62. The van der Waals surface area contributed by atoms with Gasteiger partial charge in [-0.05, 0) is 26.3 Å². The maximum absolute atomic E-state index is 5.27. The molecule has 0 fully saturated rings. The van der Waals surface area contributed by atoms with Gasteiger partial charge in [-0.2, -0.15) is 0 Å². The summed E-state index contributed by atoms with van der Waals surface area (Å²) in [4.78, 5) is 8.28. The molecule has 0 spiro atoms. The van der Waals surface area contributed by atoms with Gasteiger partial charge in [0.1, 0.15) is 0 Å². The fourth-order valence-corrected chi connectivity index (χ4v) is 0.848. The van der Waals surface area contributed by atoms with Crippen LogP contribution in [0, 0.1) is 6.92 Å². The highest BCUT2D eigenvalue weighted by molar-refractivity contribution is 5.24. The summed E-state index contributed by atoms with van der Waals surface area (Å²) in [5.74, 6) is 0.640. The van der Waals surface area contributed by atoms with Crippen LogP contribution < -0.4 is 5.32 Å². The average Bonchev–Trinajstić information content (AvgIpc) is 2.17. The first-order valence-electron chi connectivity index (χ1n) is 4.61. The Balaban J connectivity index is 2.50. The predicted molar refractivity (Wildman–Crippen MR) is 56.3 cm³/mol. The van der Waals surface area contributed by atoms with E-state index in [2.05, 4.69) is 15.3 Å². The molecule has 0 unspecified atom stereocenters. The quantitative estimate of drug-likeness (QED) is 0.793. The van der Waals surface area contributed by atoms with Gasteiger partial charge in [-0.15, -0.1) is 0 Å². The summed E-state index contributed by atoms with van der Waals surface area (Å²) >= 11 is 0. The van der Waals surface area contributed by atoms with Crippen molar-refractivity contribution in [2.75, 3.05) is 19.0 Å². The zero-order valence-corrected chi connectivity index (χ0v) is 9.16.